The number of anilines is 2. The Morgan fingerprint density at radius 2 is 1.92 bits per heavy atom. The summed E-state index contributed by atoms with van der Waals surface area (Å²) in [5.74, 6) is -0.223. The van der Waals surface area contributed by atoms with E-state index in [2.05, 4.69) is 20.9 Å². The van der Waals surface area contributed by atoms with Crippen molar-refractivity contribution in [2.75, 3.05) is 22.1 Å². The molecule has 1 fully saturated rings. The molecule has 0 aliphatic carbocycles. The van der Waals surface area contributed by atoms with E-state index in [-0.39, 0.29) is 23.5 Å². The van der Waals surface area contributed by atoms with E-state index in [0.717, 1.165) is 0 Å². The Balaban J connectivity index is 1.53. The minimum absolute atomic E-state index is 0.0315. The first kappa shape index (κ1) is 17.4. The van der Waals surface area contributed by atoms with Crippen molar-refractivity contribution in [3.8, 4) is 0 Å². The highest BCUT2D eigenvalue weighted by Gasteiger charge is 2.28. The van der Waals surface area contributed by atoms with E-state index < -0.39 is 15.9 Å². The quantitative estimate of drug-likeness (QED) is 0.746. The van der Waals surface area contributed by atoms with Gasteiger partial charge >= 0.3 is 6.03 Å². The van der Waals surface area contributed by atoms with Crippen LogP contribution in [0.2, 0.25) is 0 Å². The zero-order chi connectivity index (χ0) is 17.9. The van der Waals surface area contributed by atoms with E-state index in [1.165, 1.54) is 11.3 Å². The van der Waals surface area contributed by atoms with Gasteiger partial charge in [-0.2, -0.15) is 0 Å². The SMILES string of the molecule is O=C(Nc1ccc(C(=O)Nc2nccs2)cc1)N[C@@H]1CCS(=O)(=O)C1. The number of nitrogens with zero attached hydrogens (tertiary/aromatic N) is 1. The number of sulfone groups is 1. The lowest BCUT2D eigenvalue weighted by Gasteiger charge is -2.12. The molecule has 1 aliphatic rings. The number of hydrogen-bond donors (Lipinski definition) is 3. The summed E-state index contributed by atoms with van der Waals surface area (Å²) in [6, 6.07) is 5.52. The van der Waals surface area contributed by atoms with Crippen LogP contribution in [0.3, 0.4) is 0 Å². The van der Waals surface area contributed by atoms with E-state index in [4.69, 9.17) is 0 Å². The third-order valence-electron chi connectivity index (χ3n) is 3.63. The van der Waals surface area contributed by atoms with Gasteiger partial charge in [0.2, 0.25) is 0 Å². The van der Waals surface area contributed by atoms with Crippen molar-refractivity contribution < 1.29 is 18.0 Å². The van der Waals surface area contributed by atoms with Crippen LogP contribution in [0.25, 0.3) is 0 Å². The van der Waals surface area contributed by atoms with Gasteiger partial charge < -0.3 is 10.6 Å². The van der Waals surface area contributed by atoms with E-state index in [9.17, 15) is 18.0 Å². The molecule has 132 valence electrons. The molecule has 3 N–H and O–H groups in total. The minimum atomic E-state index is -3.04. The molecule has 1 atom stereocenters. The zero-order valence-electron chi connectivity index (χ0n) is 13.1. The van der Waals surface area contributed by atoms with Gasteiger partial charge in [0, 0.05) is 28.9 Å². The van der Waals surface area contributed by atoms with Gasteiger partial charge in [-0.3, -0.25) is 10.1 Å². The second kappa shape index (κ2) is 7.19. The summed E-state index contributed by atoms with van der Waals surface area (Å²) in [6.45, 7) is 0. The lowest BCUT2D eigenvalue weighted by molar-refractivity contribution is 0.102. The summed E-state index contributed by atoms with van der Waals surface area (Å²) in [5, 5.41) is 10.2. The van der Waals surface area contributed by atoms with Crippen LogP contribution in [0, 0.1) is 0 Å². The molecule has 2 heterocycles. The fraction of sp³-hybridized carbons (Fsp3) is 0.267. The van der Waals surface area contributed by atoms with Gasteiger partial charge in [-0.1, -0.05) is 0 Å². The number of carbonyl (C=O) groups is 2. The van der Waals surface area contributed by atoms with Gasteiger partial charge in [0.25, 0.3) is 5.91 Å². The predicted molar refractivity (Wildman–Crippen MR) is 95.7 cm³/mol. The van der Waals surface area contributed by atoms with E-state index in [1.807, 2.05) is 0 Å². The first-order valence-electron chi connectivity index (χ1n) is 7.50. The lowest BCUT2D eigenvalue weighted by atomic mass is 10.2. The third-order valence-corrected chi connectivity index (χ3v) is 6.08. The molecule has 0 spiro atoms. The van der Waals surface area contributed by atoms with E-state index in [1.54, 1.807) is 35.8 Å². The third kappa shape index (κ3) is 4.77. The number of benzene rings is 1. The fourth-order valence-corrected chi connectivity index (χ4v) is 4.62. The van der Waals surface area contributed by atoms with Crippen molar-refractivity contribution in [3.63, 3.8) is 0 Å². The predicted octanol–water partition coefficient (Wildman–Crippen LogP) is 1.70. The normalized spacial score (nSPS) is 18.5. The maximum absolute atomic E-state index is 12.0. The van der Waals surface area contributed by atoms with Crippen molar-refractivity contribution in [1.82, 2.24) is 10.3 Å². The Labute approximate surface area is 148 Å². The van der Waals surface area contributed by atoms with Gasteiger partial charge in [-0.15, -0.1) is 11.3 Å². The molecular weight excluding hydrogens is 364 g/mol. The highest BCUT2D eigenvalue weighted by atomic mass is 32.2. The maximum atomic E-state index is 12.0. The molecule has 25 heavy (non-hydrogen) atoms. The van der Waals surface area contributed by atoms with E-state index in [0.29, 0.717) is 22.8 Å². The smallest absolute Gasteiger partial charge is 0.319 e. The summed E-state index contributed by atoms with van der Waals surface area (Å²) in [6.07, 6.45) is 2.02. The topological polar surface area (TPSA) is 117 Å². The number of urea groups is 1. The summed E-state index contributed by atoms with van der Waals surface area (Å²) in [5.41, 5.74) is 0.937. The highest BCUT2D eigenvalue weighted by Crippen LogP contribution is 2.15. The first-order valence-corrected chi connectivity index (χ1v) is 10.2. The Morgan fingerprint density at radius 3 is 2.52 bits per heavy atom. The molecule has 3 amide bonds. The van der Waals surface area contributed by atoms with Crippen molar-refractivity contribution in [3.05, 3.63) is 41.4 Å². The van der Waals surface area contributed by atoms with Crippen LogP contribution < -0.4 is 16.0 Å². The second-order valence-electron chi connectivity index (χ2n) is 5.57. The lowest BCUT2D eigenvalue weighted by Crippen LogP contribution is -2.38. The Kier molecular flexibility index (Phi) is 5.00. The summed E-state index contributed by atoms with van der Waals surface area (Å²) >= 11 is 1.32. The number of nitrogens with one attached hydrogen (secondary N) is 3. The summed E-state index contributed by atoms with van der Waals surface area (Å²) < 4.78 is 22.8. The zero-order valence-corrected chi connectivity index (χ0v) is 14.7. The number of rotatable bonds is 4. The number of aromatic nitrogens is 1. The second-order valence-corrected chi connectivity index (χ2v) is 8.69. The Bertz CT molecular complexity index is 863. The van der Waals surface area contributed by atoms with Gasteiger partial charge in [0.15, 0.2) is 15.0 Å². The molecule has 0 unspecified atom stereocenters. The summed E-state index contributed by atoms with van der Waals surface area (Å²) in [7, 11) is -3.04. The van der Waals surface area contributed by atoms with Crippen LogP contribution in [0.15, 0.2) is 35.8 Å². The molecule has 10 heteroatoms. The standard InChI is InChI=1S/C15H16N4O4S2/c20-13(19-15-16-6-7-24-15)10-1-3-11(4-2-10)17-14(21)18-12-5-8-25(22,23)9-12/h1-4,6-7,12H,5,8-9H2,(H,16,19,20)(H2,17,18,21)/t12-/m1/s1. The van der Waals surface area contributed by atoms with Crippen molar-refractivity contribution >= 4 is 43.9 Å². The molecule has 0 saturated carbocycles. The summed E-state index contributed by atoms with van der Waals surface area (Å²) in [4.78, 5) is 27.9. The van der Waals surface area contributed by atoms with Crippen LogP contribution >= 0.6 is 11.3 Å². The van der Waals surface area contributed by atoms with Gasteiger partial charge in [0.1, 0.15) is 0 Å². The van der Waals surface area contributed by atoms with Crippen molar-refractivity contribution in [2.45, 2.75) is 12.5 Å². The molecule has 8 nitrogen and oxygen atoms in total. The molecule has 1 saturated heterocycles. The van der Waals surface area contributed by atoms with Crippen LogP contribution in [-0.4, -0.2) is 42.9 Å². The number of amides is 3. The van der Waals surface area contributed by atoms with E-state index >= 15 is 0 Å². The average molecular weight is 380 g/mol. The van der Waals surface area contributed by atoms with Crippen LogP contribution in [0.5, 0.6) is 0 Å². The molecule has 0 bridgehead atoms. The molecule has 3 rings (SSSR count). The van der Waals surface area contributed by atoms with Gasteiger partial charge in [-0.25, -0.2) is 18.2 Å². The van der Waals surface area contributed by atoms with Gasteiger partial charge in [0.05, 0.1) is 11.5 Å². The van der Waals surface area contributed by atoms with Crippen molar-refractivity contribution in [1.29, 1.82) is 0 Å². The molecule has 2 aromatic rings. The number of carbonyl (C=O) groups excluding carboxylic acids is 2. The average Bonchev–Trinajstić information content (AvgIpc) is 3.17. The largest absolute Gasteiger partial charge is 0.334 e. The molecule has 1 aromatic heterocycles. The molecule has 1 aromatic carbocycles. The number of thiazole rings is 1. The van der Waals surface area contributed by atoms with Crippen LogP contribution in [0.1, 0.15) is 16.8 Å². The highest BCUT2D eigenvalue weighted by molar-refractivity contribution is 7.91. The molecule has 1 aliphatic heterocycles. The first-order chi connectivity index (χ1) is 11.9. The Hall–Kier alpha value is -2.46. The molecule has 0 radical (unpaired) electrons. The van der Waals surface area contributed by atoms with Gasteiger partial charge in [-0.05, 0) is 30.7 Å². The maximum Gasteiger partial charge on any atom is 0.319 e. The fourth-order valence-electron chi connectivity index (χ4n) is 2.42. The molecular formula is C15H16N4O4S2. The van der Waals surface area contributed by atoms with Crippen LogP contribution in [-0.2, 0) is 9.84 Å². The minimum Gasteiger partial charge on any atom is -0.334 e. The Morgan fingerprint density at radius 1 is 1.16 bits per heavy atom. The van der Waals surface area contributed by atoms with Crippen molar-refractivity contribution in [2.24, 2.45) is 0 Å². The van der Waals surface area contributed by atoms with Crippen LogP contribution in [0.4, 0.5) is 15.6 Å². The number of hydrogen-bond acceptors (Lipinski definition) is 6. The monoisotopic (exact) mass is 380 g/mol.